The van der Waals surface area contributed by atoms with Crippen LogP contribution >= 0.6 is 0 Å². The fourth-order valence-electron chi connectivity index (χ4n) is 6.75. The first kappa shape index (κ1) is 34.6. The molecule has 2 aliphatic heterocycles. The number of hydrogen-bond acceptors (Lipinski definition) is 5. The van der Waals surface area contributed by atoms with E-state index in [4.69, 9.17) is 9.47 Å². The highest BCUT2D eigenvalue weighted by Gasteiger charge is 2.47. The summed E-state index contributed by atoms with van der Waals surface area (Å²) in [5, 5.41) is 13.7. The molecule has 0 N–H and O–H groups in total. The van der Waals surface area contributed by atoms with Gasteiger partial charge in [-0.15, -0.1) is 0 Å². The number of ketones is 1. The second-order valence-electron chi connectivity index (χ2n) is 13.7. The number of halogens is 4. The van der Waals surface area contributed by atoms with Crippen molar-refractivity contribution < 1.29 is 41.5 Å². The van der Waals surface area contributed by atoms with Gasteiger partial charge in [-0.2, -0.15) is 17.7 Å². The van der Waals surface area contributed by atoms with E-state index >= 15 is 0 Å². The first-order chi connectivity index (χ1) is 21.9. The minimum absolute atomic E-state index is 0.0187. The summed E-state index contributed by atoms with van der Waals surface area (Å²) in [6, 6.07) is 8.28. The summed E-state index contributed by atoms with van der Waals surface area (Å²) in [4.78, 5) is 15.5. The molecule has 0 amide bonds. The van der Waals surface area contributed by atoms with Crippen LogP contribution in [0, 0.1) is 5.82 Å². The number of benzene rings is 2. The summed E-state index contributed by atoms with van der Waals surface area (Å²) in [5.74, 6) is -1.26. The number of fused-ring (bicyclic) bond motifs is 2. The molecule has 0 aromatic heterocycles. The Hall–Kier alpha value is -3.76. The summed E-state index contributed by atoms with van der Waals surface area (Å²) in [6.07, 6.45) is -0.467. The maximum atomic E-state index is 14.4. The Balaban J connectivity index is 1.59. The molecule has 1 aliphatic carbocycles. The summed E-state index contributed by atoms with van der Waals surface area (Å²) in [6.45, 7) is 12.3. The molecule has 3 aliphatic rings. The monoisotopic (exact) mass is 654 g/mol. The lowest BCUT2D eigenvalue weighted by Crippen LogP contribution is -2.35. The predicted molar refractivity (Wildman–Crippen MR) is 171 cm³/mol. The zero-order valence-corrected chi connectivity index (χ0v) is 28.1. The van der Waals surface area contributed by atoms with Crippen molar-refractivity contribution >= 4 is 22.9 Å². The summed E-state index contributed by atoms with van der Waals surface area (Å²) in [7, 11) is 3.19. The van der Waals surface area contributed by atoms with Gasteiger partial charge in [-0.25, -0.2) is 4.39 Å². The van der Waals surface area contributed by atoms with Crippen molar-refractivity contribution in [3.05, 3.63) is 93.7 Å². The van der Waals surface area contributed by atoms with Crippen molar-refractivity contribution in [1.82, 2.24) is 0 Å². The topological polar surface area (TPSA) is 64.8 Å². The van der Waals surface area contributed by atoms with E-state index in [1.807, 2.05) is 46.1 Å². The van der Waals surface area contributed by atoms with Gasteiger partial charge in [0, 0.05) is 72.8 Å². The van der Waals surface area contributed by atoms with Crippen molar-refractivity contribution in [2.24, 2.45) is 0 Å². The largest absolute Gasteiger partial charge is 0.871 e. The van der Waals surface area contributed by atoms with Gasteiger partial charge in [-0.1, -0.05) is 25.7 Å². The molecular weight excluding hydrogens is 612 g/mol. The molecule has 0 radical (unpaired) electrons. The lowest BCUT2D eigenvalue weighted by Gasteiger charge is -2.33. The Kier molecular flexibility index (Phi) is 9.09. The second kappa shape index (κ2) is 12.4. The SMILES string of the molecule is COC(C)CCN1/C(=C\C2=C([O-])C(=C\C3=[N+](CCC(C)OC)c4cc(F)ccc4C3(C)C)/C2=O)C(C)(C)c2ccc(C(F)(F)F)cc21. The van der Waals surface area contributed by atoms with E-state index in [0.717, 1.165) is 17.7 Å². The molecule has 6 nitrogen and oxygen atoms in total. The van der Waals surface area contributed by atoms with Crippen LogP contribution in [0.3, 0.4) is 0 Å². The number of carbonyl (C=O) groups is 1. The van der Waals surface area contributed by atoms with Crippen LogP contribution < -0.4 is 10.0 Å². The molecule has 2 atom stereocenters. The molecule has 0 saturated carbocycles. The molecule has 0 spiro atoms. The highest BCUT2D eigenvalue weighted by molar-refractivity contribution is 6.24. The average molecular weight is 655 g/mol. The van der Waals surface area contributed by atoms with E-state index < -0.39 is 34.1 Å². The molecule has 10 heteroatoms. The molecule has 47 heavy (non-hydrogen) atoms. The van der Waals surface area contributed by atoms with Crippen molar-refractivity contribution in [3.8, 4) is 0 Å². The summed E-state index contributed by atoms with van der Waals surface area (Å²) >= 11 is 0. The Bertz CT molecular complexity index is 1730. The van der Waals surface area contributed by atoms with Crippen molar-refractivity contribution in [1.29, 1.82) is 0 Å². The number of allylic oxidation sites excluding steroid dienone is 5. The normalized spacial score (nSPS) is 21.4. The van der Waals surface area contributed by atoms with Crippen molar-refractivity contribution in [2.75, 3.05) is 32.2 Å². The summed E-state index contributed by atoms with van der Waals surface area (Å²) < 4.78 is 68.4. The van der Waals surface area contributed by atoms with Crippen LogP contribution in [0.1, 0.15) is 71.1 Å². The van der Waals surface area contributed by atoms with Gasteiger partial charge in [0.2, 0.25) is 5.69 Å². The standard InChI is InChI=1S/C37H42F4N2O4/c1-21(46-7)13-15-42-29-17-23(37(39,40)41)9-11-27(29)35(3,4)31(42)19-25-33(44)26(34(25)45)20-32-36(5,6)28-12-10-24(38)18-30(28)43(32)16-14-22(2)47-8/h9-12,17-22H,13-16H2,1-8H3. The van der Waals surface area contributed by atoms with Gasteiger partial charge in [-0.05, 0) is 70.0 Å². The van der Waals surface area contributed by atoms with E-state index in [1.165, 1.54) is 18.2 Å². The molecule has 0 bridgehead atoms. The van der Waals surface area contributed by atoms with Gasteiger partial charge < -0.3 is 19.5 Å². The highest BCUT2D eigenvalue weighted by Crippen LogP contribution is 2.51. The number of nitrogens with zero attached hydrogens (tertiary/aromatic N) is 2. The van der Waals surface area contributed by atoms with Crippen LogP contribution in [0.15, 0.2) is 71.2 Å². The minimum Gasteiger partial charge on any atom is -0.871 e. The fourth-order valence-corrected chi connectivity index (χ4v) is 6.75. The number of methoxy groups -OCH3 is 2. The smallest absolute Gasteiger partial charge is 0.416 e. The Morgan fingerprint density at radius 3 is 2.19 bits per heavy atom. The van der Waals surface area contributed by atoms with Crippen LogP contribution in [0.4, 0.5) is 28.9 Å². The molecule has 0 saturated heterocycles. The minimum atomic E-state index is -4.53. The third kappa shape index (κ3) is 6.06. The molecular formula is C37H42F4N2O4. The maximum Gasteiger partial charge on any atom is 0.416 e. The molecule has 0 fully saturated rings. The van der Waals surface area contributed by atoms with Crippen molar-refractivity contribution in [2.45, 2.75) is 83.6 Å². The van der Waals surface area contributed by atoms with Gasteiger partial charge in [0.1, 0.15) is 5.82 Å². The number of anilines is 1. The second-order valence-corrected chi connectivity index (χ2v) is 13.7. The molecule has 2 unspecified atom stereocenters. The van der Waals surface area contributed by atoms with E-state index in [2.05, 4.69) is 0 Å². The number of carbonyl (C=O) groups excluding carboxylic acids is 1. The Labute approximate surface area is 273 Å². The van der Waals surface area contributed by atoms with Gasteiger partial charge in [0.05, 0.1) is 23.2 Å². The van der Waals surface area contributed by atoms with E-state index in [9.17, 15) is 27.5 Å². The maximum absolute atomic E-state index is 14.4. The fraction of sp³-hybridized carbons (Fsp3) is 0.459. The van der Waals surface area contributed by atoms with Crippen LogP contribution in [0.5, 0.6) is 0 Å². The third-order valence-electron chi connectivity index (χ3n) is 9.94. The average Bonchev–Trinajstić information content (AvgIpc) is 3.36. The lowest BCUT2D eigenvalue weighted by molar-refractivity contribution is -0.440. The molecule has 252 valence electrons. The number of alkyl halides is 3. The predicted octanol–water partition coefficient (Wildman–Crippen LogP) is 6.88. The Morgan fingerprint density at radius 2 is 1.57 bits per heavy atom. The molecule has 2 aromatic carbocycles. The summed E-state index contributed by atoms with van der Waals surface area (Å²) in [5.41, 5.74) is 1.71. The number of hydrogen-bond donors (Lipinski definition) is 0. The van der Waals surface area contributed by atoms with Crippen LogP contribution in [0.2, 0.25) is 0 Å². The van der Waals surface area contributed by atoms with Crippen LogP contribution in [0.25, 0.3) is 0 Å². The van der Waals surface area contributed by atoms with Gasteiger partial charge in [0.25, 0.3) is 0 Å². The third-order valence-corrected chi connectivity index (χ3v) is 9.94. The highest BCUT2D eigenvalue weighted by atomic mass is 19.4. The molecule has 2 heterocycles. The van der Waals surface area contributed by atoms with E-state index in [1.54, 1.807) is 37.3 Å². The van der Waals surface area contributed by atoms with Gasteiger partial charge >= 0.3 is 6.18 Å². The zero-order chi connectivity index (χ0) is 34.6. The zero-order valence-electron chi connectivity index (χ0n) is 28.1. The quantitative estimate of drug-likeness (QED) is 0.159. The first-order valence-corrected chi connectivity index (χ1v) is 15.8. The number of rotatable bonds is 10. The molecule has 5 rings (SSSR count). The molecule has 2 aromatic rings. The lowest BCUT2D eigenvalue weighted by atomic mass is 9.77. The van der Waals surface area contributed by atoms with Crippen LogP contribution in [-0.2, 0) is 31.3 Å². The van der Waals surface area contributed by atoms with E-state index in [0.29, 0.717) is 54.3 Å². The van der Waals surface area contributed by atoms with Crippen LogP contribution in [-0.4, -0.2) is 55.6 Å². The number of Topliss-reactive ketones (excluding diaryl/α,β-unsaturated/α-hetero) is 1. The van der Waals surface area contributed by atoms with Gasteiger partial charge in [0.15, 0.2) is 18.0 Å². The number of ether oxygens (including phenoxy) is 2. The first-order valence-electron chi connectivity index (χ1n) is 15.8. The Morgan fingerprint density at radius 1 is 0.936 bits per heavy atom. The van der Waals surface area contributed by atoms with Gasteiger partial charge in [-0.3, -0.25) is 4.79 Å². The van der Waals surface area contributed by atoms with E-state index in [-0.39, 0.29) is 29.2 Å². The van der Waals surface area contributed by atoms with Crippen molar-refractivity contribution in [3.63, 3.8) is 0 Å².